The molecule has 0 atom stereocenters. The number of ketones is 1. The molecule has 0 fully saturated rings. The smallest absolute Gasteiger partial charge is 0.253 e. The number of carbonyl (C=O) groups is 2. The van der Waals surface area contributed by atoms with Gasteiger partial charge in [-0.3, -0.25) is 14.6 Å². The zero-order valence-corrected chi connectivity index (χ0v) is 20.2. The number of ether oxygens (including phenoxy) is 2. The summed E-state index contributed by atoms with van der Waals surface area (Å²) in [5, 5.41) is 11.1. The number of pyridine rings is 1. The van der Waals surface area contributed by atoms with Gasteiger partial charge in [0.25, 0.3) is 5.91 Å². The first-order valence-electron chi connectivity index (χ1n) is 12.0. The van der Waals surface area contributed by atoms with Gasteiger partial charge in [-0.25, -0.2) is 0 Å². The number of carbonyl (C=O) groups excluding carboxylic acids is 2. The molecule has 0 saturated carbocycles. The number of hydrogen-bond donors (Lipinski definition) is 3. The number of allylic oxidation sites excluding steroid dienone is 1. The highest BCUT2D eigenvalue weighted by Crippen LogP contribution is 2.39. The van der Waals surface area contributed by atoms with Gasteiger partial charge in [0.05, 0.1) is 29.3 Å². The first-order chi connectivity index (χ1) is 17.5. The maximum absolute atomic E-state index is 12.5. The van der Waals surface area contributed by atoms with Crippen LogP contribution in [-0.2, 0) is 35.2 Å². The van der Waals surface area contributed by atoms with Gasteiger partial charge in [-0.1, -0.05) is 6.58 Å². The van der Waals surface area contributed by atoms with Crippen LogP contribution in [0.25, 0.3) is 22.5 Å². The second-order valence-electron chi connectivity index (χ2n) is 8.95. The number of benzene rings is 1. The van der Waals surface area contributed by atoms with Crippen LogP contribution >= 0.6 is 0 Å². The van der Waals surface area contributed by atoms with E-state index in [4.69, 9.17) is 19.9 Å². The van der Waals surface area contributed by atoms with Crippen molar-refractivity contribution in [2.24, 2.45) is 0 Å². The number of hydrogen-bond acceptors (Lipinski definition) is 6. The number of methoxy groups -OCH3 is 1. The summed E-state index contributed by atoms with van der Waals surface area (Å²) in [6, 6.07) is 7.74. The van der Waals surface area contributed by atoms with Crippen LogP contribution in [0.3, 0.4) is 0 Å². The lowest BCUT2D eigenvalue weighted by molar-refractivity contribution is -0.109. The van der Waals surface area contributed by atoms with Crippen molar-refractivity contribution in [2.75, 3.05) is 26.9 Å². The summed E-state index contributed by atoms with van der Waals surface area (Å²) < 4.78 is 10.9. The minimum Gasteiger partial charge on any atom is -0.491 e. The van der Waals surface area contributed by atoms with Crippen molar-refractivity contribution in [1.82, 2.24) is 15.3 Å². The molecule has 2 aliphatic rings. The standard InChI is InChI=1S/C28H28N4O4/c1-3-24(33)21(29)13-18-12-16(5-7-25(18)36-11-10-35-2)23-14-20-17(15-31-23)4-6-19-26-22(32-27(19)20)8-9-30-28(26)34/h3,5,7,12,14-15,29,32H,1,4,6,8-11,13H2,2H3,(H,30,34). The first kappa shape index (κ1) is 23.7. The maximum Gasteiger partial charge on any atom is 0.253 e. The lowest BCUT2D eigenvalue weighted by Gasteiger charge is -2.19. The molecule has 36 heavy (non-hydrogen) atoms. The largest absolute Gasteiger partial charge is 0.491 e. The molecule has 8 heteroatoms. The van der Waals surface area contributed by atoms with Gasteiger partial charge in [-0.05, 0) is 54.3 Å². The lowest BCUT2D eigenvalue weighted by Crippen LogP contribution is -2.32. The predicted molar refractivity (Wildman–Crippen MR) is 137 cm³/mol. The minimum atomic E-state index is -0.414. The molecule has 0 radical (unpaired) electrons. The van der Waals surface area contributed by atoms with Gasteiger partial charge in [-0.2, -0.15) is 0 Å². The molecule has 1 aromatic carbocycles. The van der Waals surface area contributed by atoms with E-state index in [0.717, 1.165) is 75.8 Å². The molecule has 5 rings (SSSR count). The molecule has 3 N–H and O–H groups in total. The zero-order valence-electron chi connectivity index (χ0n) is 20.2. The van der Waals surface area contributed by atoms with E-state index in [2.05, 4.69) is 22.9 Å². The Kier molecular flexibility index (Phi) is 6.52. The Morgan fingerprint density at radius 3 is 2.89 bits per heavy atom. The van der Waals surface area contributed by atoms with E-state index in [1.165, 1.54) is 0 Å². The van der Waals surface area contributed by atoms with Crippen LogP contribution in [0.1, 0.15) is 32.7 Å². The van der Waals surface area contributed by atoms with Crippen molar-refractivity contribution in [2.45, 2.75) is 25.7 Å². The summed E-state index contributed by atoms with van der Waals surface area (Å²) in [6.45, 7) is 4.91. The fraction of sp³-hybridized carbons (Fsp3) is 0.286. The van der Waals surface area contributed by atoms with E-state index in [1.54, 1.807) is 7.11 Å². The van der Waals surface area contributed by atoms with Crippen molar-refractivity contribution >= 4 is 17.4 Å². The van der Waals surface area contributed by atoms with Crippen LogP contribution in [0.15, 0.2) is 43.1 Å². The van der Waals surface area contributed by atoms with E-state index in [0.29, 0.717) is 25.5 Å². The van der Waals surface area contributed by atoms with Crippen LogP contribution in [-0.4, -0.2) is 54.2 Å². The number of nitrogens with one attached hydrogen (secondary N) is 3. The third-order valence-electron chi connectivity index (χ3n) is 6.72. The topological polar surface area (TPSA) is 117 Å². The lowest BCUT2D eigenvalue weighted by atomic mass is 9.87. The van der Waals surface area contributed by atoms with Crippen LogP contribution in [0.4, 0.5) is 0 Å². The molecule has 1 amide bonds. The number of amides is 1. The summed E-state index contributed by atoms with van der Waals surface area (Å²) in [6.07, 6.45) is 5.60. The quantitative estimate of drug-likeness (QED) is 0.244. The fourth-order valence-corrected chi connectivity index (χ4v) is 4.91. The first-order valence-corrected chi connectivity index (χ1v) is 12.0. The molecule has 0 bridgehead atoms. The fourth-order valence-electron chi connectivity index (χ4n) is 4.91. The van der Waals surface area contributed by atoms with Crippen molar-refractivity contribution < 1.29 is 19.1 Å². The minimum absolute atomic E-state index is 0.00305. The van der Waals surface area contributed by atoms with E-state index in [1.807, 2.05) is 24.4 Å². The average Bonchev–Trinajstić information content (AvgIpc) is 3.29. The number of rotatable bonds is 9. The zero-order chi connectivity index (χ0) is 25.2. The van der Waals surface area contributed by atoms with Gasteiger partial charge >= 0.3 is 0 Å². The van der Waals surface area contributed by atoms with Crippen molar-refractivity contribution in [3.05, 3.63) is 71.1 Å². The van der Waals surface area contributed by atoms with E-state index < -0.39 is 5.78 Å². The normalized spacial score (nSPS) is 13.8. The molecule has 2 aromatic heterocycles. The van der Waals surface area contributed by atoms with Gasteiger partial charge in [0.15, 0.2) is 5.78 Å². The van der Waals surface area contributed by atoms with Gasteiger partial charge in [0.2, 0.25) is 0 Å². The summed E-state index contributed by atoms with van der Waals surface area (Å²) in [7, 11) is 1.60. The molecule has 8 nitrogen and oxygen atoms in total. The Bertz CT molecular complexity index is 1390. The van der Waals surface area contributed by atoms with E-state index in [9.17, 15) is 9.59 Å². The Balaban J connectivity index is 1.53. The highest BCUT2D eigenvalue weighted by atomic mass is 16.5. The molecule has 0 saturated heterocycles. The number of fused-ring (bicyclic) bond motifs is 5. The van der Waals surface area contributed by atoms with Crippen molar-refractivity contribution in [3.63, 3.8) is 0 Å². The van der Waals surface area contributed by atoms with Gasteiger partial charge in [-0.15, -0.1) is 0 Å². The molecular formula is C28H28N4O4. The third kappa shape index (κ3) is 4.35. The van der Waals surface area contributed by atoms with Gasteiger partial charge in [0, 0.05) is 55.1 Å². The summed E-state index contributed by atoms with van der Waals surface area (Å²) in [5.41, 5.74) is 8.35. The number of nitrogens with zero attached hydrogens (tertiary/aromatic N) is 1. The Morgan fingerprint density at radius 1 is 1.22 bits per heavy atom. The molecule has 1 aliphatic carbocycles. The third-order valence-corrected chi connectivity index (χ3v) is 6.72. The second kappa shape index (κ2) is 9.91. The molecule has 184 valence electrons. The summed E-state index contributed by atoms with van der Waals surface area (Å²) in [4.78, 5) is 32.7. The molecule has 3 aromatic rings. The van der Waals surface area contributed by atoms with Crippen molar-refractivity contribution in [3.8, 4) is 28.3 Å². The monoisotopic (exact) mass is 484 g/mol. The Hall–Kier alpha value is -4.04. The van der Waals surface area contributed by atoms with Crippen LogP contribution < -0.4 is 10.1 Å². The van der Waals surface area contributed by atoms with E-state index in [-0.39, 0.29) is 18.0 Å². The van der Waals surface area contributed by atoms with E-state index >= 15 is 0 Å². The molecule has 0 unspecified atom stereocenters. The van der Waals surface area contributed by atoms with Crippen LogP contribution in [0.5, 0.6) is 5.75 Å². The van der Waals surface area contributed by atoms with Crippen molar-refractivity contribution in [1.29, 1.82) is 5.41 Å². The molecule has 0 spiro atoms. The van der Waals surface area contributed by atoms with Crippen LogP contribution in [0, 0.1) is 5.41 Å². The Morgan fingerprint density at radius 2 is 2.08 bits per heavy atom. The SMILES string of the molecule is C=CC(=O)C(=N)Cc1cc(-c2cc3c(cn2)CCc2c-3[nH]c3c2C(=O)NCC3)ccc1OCCOC. The average molecular weight is 485 g/mol. The maximum atomic E-state index is 12.5. The number of aromatic amines is 1. The summed E-state index contributed by atoms with van der Waals surface area (Å²) >= 11 is 0. The Labute approximate surface area is 209 Å². The number of H-pyrrole nitrogens is 1. The van der Waals surface area contributed by atoms with Gasteiger partial charge in [0.1, 0.15) is 12.4 Å². The number of aromatic nitrogens is 2. The molecule has 3 heterocycles. The molecular weight excluding hydrogens is 456 g/mol. The molecule has 1 aliphatic heterocycles. The number of aryl methyl sites for hydroxylation is 1. The second-order valence-corrected chi connectivity index (χ2v) is 8.95. The predicted octanol–water partition coefficient (Wildman–Crippen LogP) is 3.47. The van der Waals surface area contributed by atoms with Gasteiger partial charge < -0.3 is 25.2 Å². The van der Waals surface area contributed by atoms with Crippen LogP contribution in [0.2, 0.25) is 0 Å². The highest BCUT2D eigenvalue weighted by molar-refractivity contribution is 6.43. The summed E-state index contributed by atoms with van der Waals surface area (Å²) in [5.74, 6) is 0.180. The highest BCUT2D eigenvalue weighted by Gasteiger charge is 2.29.